The molecule has 1 atom stereocenters. The van der Waals surface area contributed by atoms with Crippen molar-refractivity contribution >= 4 is 0 Å². The minimum Gasteiger partial charge on any atom is -0.326 e. The lowest BCUT2D eigenvalue weighted by Gasteiger charge is -2.36. The van der Waals surface area contributed by atoms with Crippen LogP contribution in [0.25, 0.3) is 0 Å². The summed E-state index contributed by atoms with van der Waals surface area (Å²) in [4.78, 5) is 4.94. The standard InChI is InChI=1S/C16H27N3/c1-13-9-14(10-17)6-7-15(13)11-19(3)16-5-4-8-18(2)12-16/h6-7,9,16H,4-5,8,10-12,17H2,1-3H3. The van der Waals surface area contributed by atoms with Gasteiger partial charge in [-0.05, 0) is 57.1 Å². The Morgan fingerprint density at radius 3 is 2.84 bits per heavy atom. The summed E-state index contributed by atoms with van der Waals surface area (Å²) >= 11 is 0. The molecule has 1 heterocycles. The molecule has 0 aromatic heterocycles. The van der Waals surface area contributed by atoms with Crippen molar-refractivity contribution in [2.75, 3.05) is 27.2 Å². The molecule has 1 aliphatic heterocycles. The van der Waals surface area contributed by atoms with Crippen molar-refractivity contribution in [1.82, 2.24) is 9.80 Å². The summed E-state index contributed by atoms with van der Waals surface area (Å²) < 4.78 is 0. The third kappa shape index (κ3) is 3.78. The molecule has 0 spiro atoms. The Balaban J connectivity index is 2.00. The van der Waals surface area contributed by atoms with E-state index in [4.69, 9.17) is 5.73 Å². The zero-order valence-electron chi connectivity index (χ0n) is 12.5. The summed E-state index contributed by atoms with van der Waals surface area (Å²) in [5.74, 6) is 0. The minimum absolute atomic E-state index is 0.629. The summed E-state index contributed by atoms with van der Waals surface area (Å²) in [6.07, 6.45) is 2.64. The monoisotopic (exact) mass is 261 g/mol. The van der Waals surface area contributed by atoms with Crippen molar-refractivity contribution in [3.63, 3.8) is 0 Å². The molecule has 2 N–H and O–H groups in total. The molecule has 0 aliphatic carbocycles. The van der Waals surface area contributed by atoms with Gasteiger partial charge in [-0.15, -0.1) is 0 Å². The maximum atomic E-state index is 5.69. The van der Waals surface area contributed by atoms with Crippen LogP contribution in [0.3, 0.4) is 0 Å². The van der Waals surface area contributed by atoms with Gasteiger partial charge < -0.3 is 10.6 Å². The summed E-state index contributed by atoms with van der Waals surface area (Å²) in [5.41, 5.74) is 9.69. The lowest BCUT2D eigenvalue weighted by molar-refractivity contribution is 0.129. The number of hydrogen-bond donors (Lipinski definition) is 1. The highest BCUT2D eigenvalue weighted by molar-refractivity contribution is 5.31. The van der Waals surface area contributed by atoms with E-state index < -0.39 is 0 Å². The van der Waals surface area contributed by atoms with Crippen LogP contribution < -0.4 is 5.73 Å². The molecule has 1 saturated heterocycles. The van der Waals surface area contributed by atoms with E-state index in [-0.39, 0.29) is 0 Å². The number of benzene rings is 1. The van der Waals surface area contributed by atoms with Crippen LogP contribution in [0.15, 0.2) is 18.2 Å². The molecular formula is C16H27N3. The highest BCUT2D eigenvalue weighted by Gasteiger charge is 2.21. The first-order valence-electron chi connectivity index (χ1n) is 7.27. The predicted molar refractivity (Wildman–Crippen MR) is 81.1 cm³/mol. The molecule has 106 valence electrons. The first-order valence-corrected chi connectivity index (χ1v) is 7.27. The Hall–Kier alpha value is -0.900. The Bertz CT molecular complexity index is 416. The number of rotatable bonds is 4. The fraction of sp³-hybridized carbons (Fsp3) is 0.625. The van der Waals surface area contributed by atoms with Crippen LogP contribution in [-0.4, -0.2) is 43.0 Å². The number of aryl methyl sites for hydroxylation is 1. The van der Waals surface area contributed by atoms with Gasteiger partial charge in [0.05, 0.1) is 0 Å². The second kappa shape index (κ2) is 6.51. The fourth-order valence-corrected chi connectivity index (χ4v) is 2.96. The molecule has 1 aromatic rings. The van der Waals surface area contributed by atoms with Gasteiger partial charge in [0.25, 0.3) is 0 Å². The van der Waals surface area contributed by atoms with Crippen LogP contribution in [0, 0.1) is 6.92 Å². The summed E-state index contributed by atoms with van der Waals surface area (Å²) in [6.45, 7) is 6.29. The van der Waals surface area contributed by atoms with Gasteiger partial charge in [0.2, 0.25) is 0 Å². The number of nitrogens with zero attached hydrogens (tertiary/aromatic N) is 2. The third-order valence-corrected chi connectivity index (χ3v) is 4.29. The van der Waals surface area contributed by atoms with Crippen molar-refractivity contribution < 1.29 is 0 Å². The van der Waals surface area contributed by atoms with Gasteiger partial charge in [0.1, 0.15) is 0 Å². The summed E-state index contributed by atoms with van der Waals surface area (Å²) in [5, 5.41) is 0. The number of hydrogen-bond acceptors (Lipinski definition) is 3. The number of likely N-dealkylation sites (N-methyl/N-ethyl adjacent to an activating group) is 2. The maximum Gasteiger partial charge on any atom is 0.0236 e. The Labute approximate surface area is 117 Å². The maximum absolute atomic E-state index is 5.69. The molecule has 1 unspecified atom stereocenters. The zero-order valence-corrected chi connectivity index (χ0v) is 12.5. The van der Waals surface area contributed by atoms with Crippen LogP contribution in [-0.2, 0) is 13.1 Å². The third-order valence-electron chi connectivity index (χ3n) is 4.29. The molecule has 0 saturated carbocycles. The van der Waals surface area contributed by atoms with E-state index in [9.17, 15) is 0 Å². The SMILES string of the molecule is Cc1cc(CN)ccc1CN(C)C1CCCN(C)C1. The van der Waals surface area contributed by atoms with Crippen molar-refractivity contribution in [2.24, 2.45) is 5.73 Å². The van der Waals surface area contributed by atoms with Gasteiger partial charge in [-0.2, -0.15) is 0 Å². The molecule has 1 aliphatic rings. The van der Waals surface area contributed by atoms with Crippen molar-refractivity contribution in [2.45, 2.75) is 38.9 Å². The molecule has 0 bridgehead atoms. The second-order valence-corrected chi connectivity index (χ2v) is 5.94. The number of likely N-dealkylation sites (tertiary alicyclic amines) is 1. The summed E-state index contributed by atoms with van der Waals surface area (Å²) in [6, 6.07) is 7.30. The molecule has 1 aromatic carbocycles. The van der Waals surface area contributed by atoms with Crippen molar-refractivity contribution in [3.05, 3.63) is 34.9 Å². The smallest absolute Gasteiger partial charge is 0.0236 e. The van der Waals surface area contributed by atoms with Crippen LogP contribution in [0.2, 0.25) is 0 Å². The van der Waals surface area contributed by atoms with Gasteiger partial charge in [0, 0.05) is 25.7 Å². The van der Waals surface area contributed by atoms with E-state index in [1.807, 2.05) is 0 Å². The number of nitrogens with two attached hydrogens (primary N) is 1. The number of piperidine rings is 1. The Morgan fingerprint density at radius 2 is 2.21 bits per heavy atom. The van der Waals surface area contributed by atoms with Crippen LogP contribution in [0.5, 0.6) is 0 Å². The molecule has 1 fully saturated rings. The second-order valence-electron chi connectivity index (χ2n) is 5.94. The quantitative estimate of drug-likeness (QED) is 0.899. The molecule has 19 heavy (non-hydrogen) atoms. The van der Waals surface area contributed by atoms with E-state index in [1.54, 1.807) is 0 Å². The van der Waals surface area contributed by atoms with Gasteiger partial charge in [-0.1, -0.05) is 18.2 Å². The molecular weight excluding hydrogens is 234 g/mol. The largest absolute Gasteiger partial charge is 0.326 e. The van der Waals surface area contributed by atoms with E-state index in [2.05, 4.69) is 49.0 Å². The molecule has 0 radical (unpaired) electrons. The van der Waals surface area contributed by atoms with Gasteiger partial charge in [0.15, 0.2) is 0 Å². The first-order chi connectivity index (χ1) is 9.10. The lowest BCUT2D eigenvalue weighted by Crippen LogP contribution is -2.44. The van der Waals surface area contributed by atoms with Crippen LogP contribution >= 0.6 is 0 Å². The highest BCUT2D eigenvalue weighted by atomic mass is 15.2. The molecule has 3 nitrogen and oxygen atoms in total. The lowest BCUT2D eigenvalue weighted by atomic mass is 10.0. The average molecular weight is 261 g/mol. The minimum atomic E-state index is 0.629. The van der Waals surface area contributed by atoms with Gasteiger partial charge >= 0.3 is 0 Å². The zero-order chi connectivity index (χ0) is 13.8. The predicted octanol–water partition coefficient (Wildman–Crippen LogP) is 1.98. The average Bonchev–Trinajstić information content (AvgIpc) is 2.41. The highest BCUT2D eigenvalue weighted by Crippen LogP contribution is 2.18. The normalized spacial score (nSPS) is 21.0. The van der Waals surface area contributed by atoms with E-state index in [0.717, 1.165) is 6.54 Å². The topological polar surface area (TPSA) is 32.5 Å². The molecule has 0 amide bonds. The Kier molecular flexibility index (Phi) is 4.97. The first kappa shape index (κ1) is 14.5. The summed E-state index contributed by atoms with van der Waals surface area (Å²) in [7, 11) is 4.47. The van der Waals surface area contributed by atoms with Crippen molar-refractivity contribution in [3.8, 4) is 0 Å². The van der Waals surface area contributed by atoms with Gasteiger partial charge in [-0.3, -0.25) is 4.90 Å². The van der Waals surface area contributed by atoms with Gasteiger partial charge in [-0.25, -0.2) is 0 Å². The van der Waals surface area contributed by atoms with E-state index in [1.165, 1.54) is 42.6 Å². The molecule has 2 rings (SSSR count). The Morgan fingerprint density at radius 1 is 1.42 bits per heavy atom. The van der Waals surface area contributed by atoms with Crippen LogP contribution in [0.1, 0.15) is 29.5 Å². The van der Waals surface area contributed by atoms with E-state index >= 15 is 0 Å². The molecule has 3 heteroatoms. The van der Waals surface area contributed by atoms with Crippen LogP contribution in [0.4, 0.5) is 0 Å². The fourth-order valence-electron chi connectivity index (χ4n) is 2.96. The van der Waals surface area contributed by atoms with Crippen molar-refractivity contribution in [1.29, 1.82) is 0 Å². The van der Waals surface area contributed by atoms with E-state index in [0.29, 0.717) is 12.6 Å².